The van der Waals surface area contributed by atoms with Crippen molar-refractivity contribution in [1.82, 2.24) is 15.3 Å². The van der Waals surface area contributed by atoms with Gasteiger partial charge < -0.3 is 10.2 Å². The molecule has 2 aliphatic heterocycles. The smallest absolute Gasteiger partial charge is 0.226 e. The van der Waals surface area contributed by atoms with Crippen LogP contribution in [-0.4, -0.2) is 35.1 Å². The number of fused-ring (bicyclic) bond motifs is 2. The van der Waals surface area contributed by atoms with Crippen molar-refractivity contribution in [2.45, 2.75) is 38.3 Å². The molecule has 3 rings (SSSR count). The van der Waals surface area contributed by atoms with E-state index in [-0.39, 0.29) is 0 Å². The highest BCUT2D eigenvalue weighted by atomic mass is 15.3. The molecule has 0 spiro atoms. The molecule has 2 bridgehead atoms. The van der Waals surface area contributed by atoms with Crippen LogP contribution in [0.25, 0.3) is 0 Å². The molecule has 0 aromatic carbocycles. The van der Waals surface area contributed by atoms with Crippen molar-refractivity contribution in [2.75, 3.05) is 18.0 Å². The first kappa shape index (κ1) is 11.4. The second kappa shape index (κ2) is 4.54. The van der Waals surface area contributed by atoms with Crippen molar-refractivity contribution in [2.24, 2.45) is 0 Å². The molecule has 94 valence electrons. The lowest BCUT2D eigenvalue weighted by atomic mass is 10.1. The van der Waals surface area contributed by atoms with E-state index < -0.39 is 0 Å². The van der Waals surface area contributed by atoms with Crippen molar-refractivity contribution >= 4 is 5.95 Å². The minimum absolute atomic E-state index is 0.458. The molecule has 1 aromatic rings. The van der Waals surface area contributed by atoms with Gasteiger partial charge in [0.1, 0.15) is 11.8 Å². The highest BCUT2D eigenvalue weighted by molar-refractivity contribution is 5.36. The molecule has 5 nitrogen and oxygen atoms in total. The Bertz CT molecular complexity index is 493. The normalized spacial score (nSPS) is 26.8. The first-order valence-corrected chi connectivity index (χ1v) is 6.51. The number of hydrogen-bond acceptors (Lipinski definition) is 5. The van der Waals surface area contributed by atoms with Gasteiger partial charge >= 0.3 is 0 Å². The van der Waals surface area contributed by atoms with Crippen LogP contribution >= 0.6 is 0 Å². The summed E-state index contributed by atoms with van der Waals surface area (Å²) in [4.78, 5) is 11.0. The van der Waals surface area contributed by atoms with Gasteiger partial charge in [0.15, 0.2) is 0 Å². The quantitative estimate of drug-likeness (QED) is 0.796. The first-order valence-electron chi connectivity index (χ1n) is 6.51. The fourth-order valence-electron chi connectivity index (χ4n) is 2.88. The Morgan fingerprint density at radius 3 is 3.00 bits per heavy atom. The van der Waals surface area contributed by atoms with Crippen LogP contribution in [0, 0.1) is 18.3 Å². The van der Waals surface area contributed by atoms with Gasteiger partial charge in [-0.3, -0.25) is 0 Å². The van der Waals surface area contributed by atoms with Gasteiger partial charge in [-0.15, -0.1) is 0 Å². The second-order valence-electron chi connectivity index (χ2n) is 5.18. The number of nitrogens with one attached hydrogen (secondary N) is 1. The van der Waals surface area contributed by atoms with Gasteiger partial charge in [0.05, 0.1) is 0 Å². The summed E-state index contributed by atoms with van der Waals surface area (Å²) in [6.45, 7) is 3.83. The SMILES string of the molecule is Cc1cc(C#N)nc(N2CCC3CCC(C2)N3)n1. The van der Waals surface area contributed by atoms with Gasteiger partial charge in [-0.25, -0.2) is 9.97 Å². The van der Waals surface area contributed by atoms with Crippen LogP contribution in [-0.2, 0) is 0 Å². The maximum atomic E-state index is 8.97. The van der Waals surface area contributed by atoms with Crippen molar-refractivity contribution < 1.29 is 0 Å². The predicted molar refractivity (Wildman–Crippen MR) is 68.3 cm³/mol. The van der Waals surface area contributed by atoms with Crippen LogP contribution in [0.3, 0.4) is 0 Å². The monoisotopic (exact) mass is 243 g/mol. The Hall–Kier alpha value is -1.67. The Morgan fingerprint density at radius 1 is 1.33 bits per heavy atom. The van der Waals surface area contributed by atoms with E-state index in [9.17, 15) is 0 Å². The van der Waals surface area contributed by atoms with Crippen LogP contribution in [0.1, 0.15) is 30.7 Å². The van der Waals surface area contributed by atoms with E-state index in [1.54, 1.807) is 6.07 Å². The zero-order valence-corrected chi connectivity index (χ0v) is 10.6. The van der Waals surface area contributed by atoms with Gasteiger partial charge in [0, 0.05) is 30.9 Å². The molecule has 2 saturated heterocycles. The average Bonchev–Trinajstić information content (AvgIpc) is 2.68. The number of rotatable bonds is 1. The molecule has 0 radical (unpaired) electrons. The van der Waals surface area contributed by atoms with Crippen molar-refractivity contribution in [3.63, 3.8) is 0 Å². The van der Waals surface area contributed by atoms with Gasteiger partial charge in [0.2, 0.25) is 5.95 Å². The molecule has 2 aliphatic rings. The summed E-state index contributed by atoms with van der Waals surface area (Å²) >= 11 is 0. The Labute approximate surface area is 107 Å². The third-order valence-corrected chi connectivity index (χ3v) is 3.76. The van der Waals surface area contributed by atoms with Crippen LogP contribution in [0.5, 0.6) is 0 Å². The average molecular weight is 243 g/mol. The Balaban J connectivity index is 1.86. The number of anilines is 1. The topological polar surface area (TPSA) is 64.8 Å². The van der Waals surface area contributed by atoms with E-state index in [0.29, 0.717) is 23.7 Å². The van der Waals surface area contributed by atoms with Crippen molar-refractivity contribution in [1.29, 1.82) is 5.26 Å². The van der Waals surface area contributed by atoms with Gasteiger partial charge in [0.25, 0.3) is 0 Å². The molecule has 0 saturated carbocycles. The molecular formula is C13H17N5. The number of nitriles is 1. The number of aryl methyl sites for hydroxylation is 1. The summed E-state index contributed by atoms with van der Waals surface area (Å²) in [6, 6.07) is 5.03. The predicted octanol–water partition coefficient (Wildman–Crippen LogP) is 0.987. The van der Waals surface area contributed by atoms with Crippen molar-refractivity contribution in [3.8, 4) is 6.07 Å². The summed E-state index contributed by atoms with van der Waals surface area (Å²) in [5.41, 5.74) is 1.32. The summed E-state index contributed by atoms with van der Waals surface area (Å²) < 4.78 is 0. The van der Waals surface area contributed by atoms with Crippen LogP contribution in [0.4, 0.5) is 5.95 Å². The van der Waals surface area contributed by atoms with E-state index in [2.05, 4.69) is 26.3 Å². The van der Waals surface area contributed by atoms with Gasteiger partial charge in [-0.1, -0.05) is 0 Å². The molecule has 2 fully saturated rings. The second-order valence-corrected chi connectivity index (χ2v) is 5.18. The molecule has 2 unspecified atom stereocenters. The van der Waals surface area contributed by atoms with E-state index in [1.165, 1.54) is 12.8 Å². The molecule has 1 N–H and O–H groups in total. The fourth-order valence-corrected chi connectivity index (χ4v) is 2.88. The van der Waals surface area contributed by atoms with Gasteiger partial charge in [-0.05, 0) is 32.3 Å². The van der Waals surface area contributed by atoms with Crippen LogP contribution < -0.4 is 10.2 Å². The zero-order valence-electron chi connectivity index (χ0n) is 10.6. The first-order chi connectivity index (χ1) is 8.74. The lowest BCUT2D eigenvalue weighted by Gasteiger charge is -2.24. The molecule has 5 heteroatoms. The summed E-state index contributed by atoms with van der Waals surface area (Å²) in [7, 11) is 0. The van der Waals surface area contributed by atoms with E-state index in [1.807, 2.05) is 6.92 Å². The highest BCUT2D eigenvalue weighted by Crippen LogP contribution is 2.22. The standard InChI is InChI=1S/C13H17N5/c1-9-6-12(7-14)17-13(15-9)18-5-4-10-2-3-11(8-18)16-10/h6,10-11,16H,2-5,8H2,1H3. The maximum absolute atomic E-state index is 8.97. The van der Waals surface area contributed by atoms with Crippen LogP contribution in [0.15, 0.2) is 6.07 Å². The lowest BCUT2D eigenvalue weighted by Crippen LogP contribution is -2.36. The molecule has 0 aliphatic carbocycles. The van der Waals surface area contributed by atoms with E-state index >= 15 is 0 Å². The molecule has 18 heavy (non-hydrogen) atoms. The molecule has 2 atom stereocenters. The summed E-state index contributed by atoms with van der Waals surface area (Å²) in [6.07, 6.45) is 3.66. The van der Waals surface area contributed by atoms with Crippen molar-refractivity contribution in [3.05, 3.63) is 17.5 Å². The van der Waals surface area contributed by atoms with E-state index in [4.69, 9.17) is 5.26 Å². The summed E-state index contributed by atoms with van der Waals surface area (Å²) in [5.74, 6) is 0.709. The molecule has 0 amide bonds. The largest absolute Gasteiger partial charge is 0.339 e. The van der Waals surface area contributed by atoms with Gasteiger partial charge in [-0.2, -0.15) is 5.26 Å². The number of aromatic nitrogens is 2. The highest BCUT2D eigenvalue weighted by Gasteiger charge is 2.30. The minimum Gasteiger partial charge on any atom is -0.339 e. The van der Waals surface area contributed by atoms with Crippen LogP contribution in [0.2, 0.25) is 0 Å². The summed E-state index contributed by atoms with van der Waals surface area (Å²) in [5, 5.41) is 12.6. The third kappa shape index (κ3) is 2.16. The number of nitrogens with zero attached hydrogens (tertiary/aromatic N) is 4. The molecular weight excluding hydrogens is 226 g/mol. The zero-order chi connectivity index (χ0) is 12.5. The third-order valence-electron chi connectivity index (χ3n) is 3.76. The lowest BCUT2D eigenvalue weighted by molar-refractivity contribution is 0.563. The number of hydrogen-bond donors (Lipinski definition) is 1. The molecule has 3 heterocycles. The minimum atomic E-state index is 0.458. The molecule has 1 aromatic heterocycles. The van der Waals surface area contributed by atoms with E-state index in [0.717, 1.165) is 25.2 Å². The Kier molecular flexibility index (Phi) is 2.88. The Morgan fingerprint density at radius 2 is 2.17 bits per heavy atom. The maximum Gasteiger partial charge on any atom is 0.226 e. The fraction of sp³-hybridized carbons (Fsp3) is 0.615.